The summed E-state index contributed by atoms with van der Waals surface area (Å²) in [6.45, 7) is 0. The standard InChI is InChI=1S/C24H19ClF5N5O3S/c1-35-21-16(5-6-17(25)19(21)22(33-35)34-39(2,37)38)15-4-3-7-31-20(15)18(32-23(36)24(28,29)30)10-12-8-13(26)11-14(27)9-12/h3-9,11,18H,10H2,1-2H3,(H,32,36)(H,33,34). The van der Waals surface area contributed by atoms with E-state index < -0.39 is 46.2 Å². The second-order valence-electron chi connectivity index (χ2n) is 8.61. The smallest absolute Gasteiger partial charge is 0.340 e. The van der Waals surface area contributed by atoms with Crippen LogP contribution < -0.4 is 10.0 Å². The van der Waals surface area contributed by atoms with Gasteiger partial charge in [0.2, 0.25) is 10.0 Å². The number of nitrogens with zero attached hydrogens (tertiary/aromatic N) is 3. The van der Waals surface area contributed by atoms with Crippen LogP contribution in [0.25, 0.3) is 22.0 Å². The van der Waals surface area contributed by atoms with E-state index in [0.29, 0.717) is 17.1 Å². The molecular weight excluding hydrogens is 569 g/mol. The molecule has 1 atom stereocenters. The number of aromatic nitrogens is 3. The summed E-state index contributed by atoms with van der Waals surface area (Å²) in [5.74, 6) is -4.26. The van der Waals surface area contributed by atoms with Crippen LogP contribution in [0.15, 0.2) is 48.7 Å². The van der Waals surface area contributed by atoms with Gasteiger partial charge in [-0.3, -0.25) is 19.2 Å². The Labute approximate surface area is 223 Å². The van der Waals surface area contributed by atoms with Crippen molar-refractivity contribution < 1.29 is 35.2 Å². The van der Waals surface area contributed by atoms with Gasteiger partial charge in [-0.1, -0.05) is 23.7 Å². The van der Waals surface area contributed by atoms with Gasteiger partial charge in [-0.2, -0.15) is 18.3 Å². The number of hydrogen-bond acceptors (Lipinski definition) is 5. The van der Waals surface area contributed by atoms with E-state index in [0.717, 1.165) is 18.4 Å². The fourth-order valence-electron chi connectivity index (χ4n) is 4.19. The van der Waals surface area contributed by atoms with Gasteiger partial charge in [0.05, 0.1) is 33.9 Å². The zero-order valence-corrected chi connectivity index (χ0v) is 21.7. The van der Waals surface area contributed by atoms with E-state index >= 15 is 0 Å². The highest BCUT2D eigenvalue weighted by Gasteiger charge is 2.40. The van der Waals surface area contributed by atoms with E-state index in [9.17, 15) is 35.2 Å². The Morgan fingerprint density at radius 2 is 1.77 bits per heavy atom. The monoisotopic (exact) mass is 587 g/mol. The Morgan fingerprint density at radius 3 is 2.38 bits per heavy atom. The summed E-state index contributed by atoms with van der Waals surface area (Å²) in [5, 5.41) is 6.40. The van der Waals surface area contributed by atoms with Crippen molar-refractivity contribution in [2.75, 3.05) is 11.0 Å². The van der Waals surface area contributed by atoms with Crippen LogP contribution in [0, 0.1) is 11.6 Å². The second-order valence-corrected chi connectivity index (χ2v) is 10.8. The van der Waals surface area contributed by atoms with E-state index in [4.69, 9.17) is 11.6 Å². The molecule has 2 aromatic heterocycles. The summed E-state index contributed by atoms with van der Waals surface area (Å²) < 4.78 is 94.7. The number of rotatable bonds is 7. The molecule has 206 valence electrons. The van der Waals surface area contributed by atoms with E-state index in [-0.39, 0.29) is 33.0 Å². The van der Waals surface area contributed by atoms with Crippen LogP contribution in [-0.2, 0) is 28.3 Å². The zero-order chi connectivity index (χ0) is 28.7. The molecule has 8 nitrogen and oxygen atoms in total. The van der Waals surface area contributed by atoms with Gasteiger partial charge in [-0.05, 0) is 36.2 Å². The third-order valence-electron chi connectivity index (χ3n) is 5.60. The first-order valence-corrected chi connectivity index (χ1v) is 13.3. The summed E-state index contributed by atoms with van der Waals surface area (Å²) in [4.78, 5) is 16.2. The molecule has 0 spiro atoms. The quantitative estimate of drug-likeness (QED) is 0.299. The third kappa shape index (κ3) is 6.28. The predicted molar refractivity (Wildman–Crippen MR) is 134 cm³/mol. The molecule has 0 saturated heterocycles. The third-order valence-corrected chi connectivity index (χ3v) is 6.48. The van der Waals surface area contributed by atoms with Crippen LogP contribution in [0.1, 0.15) is 17.3 Å². The summed E-state index contributed by atoms with van der Waals surface area (Å²) in [6.07, 6.45) is -3.48. The number of hydrogen-bond donors (Lipinski definition) is 2. The normalized spacial score (nSPS) is 12.9. The number of alkyl halides is 3. The molecule has 15 heteroatoms. The Morgan fingerprint density at radius 1 is 1.10 bits per heavy atom. The maximum absolute atomic E-state index is 13.9. The first kappa shape index (κ1) is 28.2. The van der Waals surface area contributed by atoms with Crippen molar-refractivity contribution in [1.29, 1.82) is 0 Å². The van der Waals surface area contributed by atoms with Crippen LogP contribution in [0.3, 0.4) is 0 Å². The summed E-state index contributed by atoms with van der Waals surface area (Å²) in [5.41, 5.74) is 0.795. The van der Waals surface area contributed by atoms with Gasteiger partial charge >= 0.3 is 12.1 Å². The van der Waals surface area contributed by atoms with Crippen molar-refractivity contribution in [1.82, 2.24) is 20.1 Å². The Kier molecular flexibility index (Phi) is 7.54. The fourth-order valence-corrected chi connectivity index (χ4v) is 4.92. The minimum atomic E-state index is -5.25. The van der Waals surface area contributed by atoms with Gasteiger partial charge in [0, 0.05) is 30.4 Å². The molecule has 2 aromatic carbocycles. The number of aryl methyl sites for hydroxylation is 1. The maximum Gasteiger partial charge on any atom is 0.471 e. The van der Waals surface area contributed by atoms with E-state index in [1.165, 1.54) is 42.2 Å². The number of carbonyl (C=O) groups is 1. The second kappa shape index (κ2) is 10.4. The lowest BCUT2D eigenvalue weighted by atomic mass is 9.94. The lowest BCUT2D eigenvalue weighted by molar-refractivity contribution is -0.174. The number of benzene rings is 2. The number of pyridine rings is 1. The SMILES string of the molecule is Cn1nc(NS(C)(=O)=O)c2c(Cl)ccc(-c3cccnc3C(Cc3cc(F)cc(F)c3)NC(=O)C(F)(F)F)c21. The molecule has 0 bridgehead atoms. The lowest BCUT2D eigenvalue weighted by Crippen LogP contribution is -2.40. The molecule has 0 fully saturated rings. The van der Waals surface area contributed by atoms with Crippen LogP contribution in [0.4, 0.5) is 27.8 Å². The molecule has 0 radical (unpaired) electrons. The van der Waals surface area contributed by atoms with Gasteiger partial charge in [0.1, 0.15) is 11.6 Å². The van der Waals surface area contributed by atoms with Crippen molar-refractivity contribution >= 4 is 44.3 Å². The number of sulfonamides is 1. The molecule has 1 unspecified atom stereocenters. The Hall–Kier alpha value is -3.78. The van der Waals surface area contributed by atoms with Crippen LogP contribution in [0.5, 0.6) is 0 Å². The molecule has 0 aliphatic rings. The number of amides is 1. The summed E-state index contributed by atoms with van der Waals surface area (Å²) in [7, 11) is -2.25. The Balaban J connectivity index is 1.92. The average Bonchev–Trinajstić information content (AvgIpc) is 3.12. The van der Waals surface area contributed by atoms with Crippen molar-refractivity contribution in [2.24, 2.45) is 7.05 Å². The van der Waals surface area contributed by atoms with Crippen LogP contribution in [0.2, 0.25) is 5.02 Å². The topological polar surface area (TPSA) is 106 Å². The molecular formula is C24H19ClF5N5O3S. The van der Waals surface area contributed by atoms with Gasteiger partial charge in [-0.25, -0.2) is 17.2 Å². The molecule has 1 amide bonds. The predicted octanol–water partition coefficient (Wildman–Crippen LogP) is 4.90. The van der Waals surface area contributed by atoms with Gasteiger partial charge in [0.25, 0.3) is 0 Å². The van der Waals surface area contributed by atoms with Crippen molar-refractivity contribution in [3.63, 3.8) is 0 Å². The average molecular weight is 588 g/mol. The largest absolute Gasteiger partial charge is 0.471 e. The minimum Gasteiger partial charge on any atom is -0.340 e. The first-order chi connectivity index (χ1) is 18.1. The van der Waals surface area contributed by atoms with Crippen LogP contribution >= 0.6 is 11.6 Å². The molecule has 4 aromatic rings. The number of carbonyl (C=O) groups excluding carboxylic acids is 1. The van der Waals surface area contributed by atoms with Gasteiger partial charge in [0.15, 0.2) is 5.82 Å². The highest BCUT2D eigenvalue weighted by atomic mass is 35.5. The number of nitrogens with one attached hydrogen (secondary N) is 2. The van der Waals surface area contributed by atoms with Gasteiger partial charge in [-0.15, -0.1) is 0 Å². The Bertz CT molecular complexity index is 1670. The van der Waals surface area contributed by atoms with Gasteiger partial charge < -0.3 is 5.32 Å². The number of halogens is 6. The fraction of sp³-hybridized carbons (Fsp3) is 0.208. The highest BCUT2D eigenvalue weighted by molar-refractivity contribution is 7.92. The first-order valence-electron chi connectivity index (χ1n) is 11.0. The zero-order valence-electron chi connectivity index (χ0n) is 20.1. The molecule has 0 aliphatic carbocycles. The number of fused-ring (bicyclic) bond motifs is 1. The van der Waals surface area contributed by atoms with E-state index in [2.05, 4.69) is 14.8 Å². The van der Waals surface area contributed by atoms with E-state index in [1.54, 1.807) is 0 Å². The molecule has 0 saturated carbocycles. The van der Waals surface area contributed by atoms with Crippen molar-refractivity contribution in [3.8, 4) is 11.1 Å². The molecule has 0 aliphatic heterocycles. The molecule has 2 heterocycles. The van der Waals surface area contributed by atoms with Crippen molar-refractivity contribution in [2.45, 2.75) is 18.6 Å². The number of anilines is 1. The summed E-state index contributed by atoms with van der Waals surface area (Å²) in [6, 6.07) is 6.97. The van der Waals surface area contributed by atoms with Crippen molar-refractivity contribution in [3.05, 3.63) is 76.6 Å². The molecule has 39 heavy (non-hydrogen) atoms. The summed E-state index contributed by atoms with van der Waals surface area (Å²) >= 11 is 6.37. The molecule has 2 N–H and O–H groups in total. The lowest BCUT2D eigenvalue weighted by Gasteiger charge is -2.22. The van der Waals surface area contributed by atoms with E-state index in [1.807, 2.05) is 5.32 Å². The highest BCUT2D eigenvalue weighted by Crippen LogP contribution is 2.39. The maximum atomic E-state index is 13.9. The molecule has 4 rings (SSSR count). The minimum absolute atomic E-state index is 0.0296. The van der Waals surface area contributed by atoms with Crippen LogP contribution in [-0.4, -0.2) is 41.5 Å².